The van der Waals surface area contributed by atoms with Crippen LogP contribution in [-0.4, -0.2) is 27.5 Å². The van der Waals surface area contributed by atoms with Crippen LogP contribution in [0, 0.1) is 0 Å². The minimum Gasteiger partial charge on any atom is -0.314 e. The Bertz CT molecular complexity index is 500. The van der Waals surface area contributed by atoms with E-state index < -0.39 is 10.0 Å². The van der Waals surface area contributed by atoms with E-state index in [0.29, 0.717) is 17.5 Å². The monoisotopic (exact) mass is 298 g/mol. The van der Waals surface area contributed by atoms with Crippen LogP contribution in [0.3, 0.4) is 0 Å². The lowest BCUT2D eigenvalue weighted by molar-refractivity contribution is 0.506. The van der Waals surface area contributed by atoms with Gasteiger partial charge < -0.3 is 5.32 Å². The van der Waals surface area contributed by atoms with Crippen molar-refractivity contribution in [2.24, 2.45) is 0 Å². The fourth-order valence-electron chi connectivity index (χ4n) is 2.16. The maximum absolute atomic E-state index is 12.3. The van der Waals surface area contributed by atoms with E-state index in [0.717, 1.165) is 31.4 Å². The molecule has 1 aromatic carbocycles. The van der Waals surface area contributed by atoms with Crippen molar-refractivity contribution in [3.63, 3.8) is 0 Å². The van der Waals surface area contributed by atoms with Crippen molar-refractivity contribution in [2.45, 2.75) is 51.0 Å². The summed E-state index contributed by atoms with van der Waals surface area (Å²) in [6, 6.07) is 7.57. The van der Waals surface area contributed by atoms with Gasteiger partial charge in [0.05, 0.1) is 4.90 Å². The normalized spacial score (nSPS) is 13.3. The summed E-state index contributed by atoms with van der Waals surface area (Å²) in [5.74, 6) is 0. The molecule has 1 aromatic rings. The summed E-state index contributed by atoms with van der Waals surface area (Å²) in [6.07, 6.45) is 2.49. The van der Waals surface area contributed by atoms with E-state index in [-0.39, 0.29) is 0 Å². The predicted octanol–water partition coefficient (Wildman–Crippen LogP) is 2.31. The van der Waals surface area contributed by atoms with Crippen molar-refractivity contribution in [1.82, 2.24) is 10.0 Å². The van der Waals surface area contributed by atoms with Crippen LogP contribution in [0.15, 0.2) is 29.2 Å². The van der Waals surface area contributed by atoms with Gasteiger partial charge in [0.15, 0.2) is 0 Å². The van der Waals surface area contributed by atoms with Gasteiger partial charge in [-0.05, 0) is 37.4 Å². The van der Waals surface area contributed by atoms with Gasteiger partial charge in [0.2, 0.25) is 10.0 Å². The Morgan fingerprint density at radius 1 is 1.15 bits per heavy atom. The molecule has 0 spiro atoms. The van der Waals surface area contributed by atoms with Gasteiger partial charge in [0, 0.05) is 12.6 Å². The molecule has 1 atom stereocenters. The van der Waals surface area contributed by atoms with Crippen LogP contribution in [0.1, 0.15) is 39.2 Å². The molecule has 0 saturated heterocycles. The first-order valence-corrected chi connectivity index (χ1v) is 8.84. The van der Waals surface area contributed by atoms with Crippen LogP contribution in [0.5, 0.6) is 0 Å². The first-order valence-electron chi connectivity index (χ1n) is 7.36. The molecule has 0 radical (unpaired) electrons. The maximum atomic E-state index is 12.3. The van der Waals surface area contributed by atoms with Gasteiger partial charge >= 0.3 is 0 Å². The van der Waals surface area contributed by atoms with Crippen molar-refractivity contribution in [2.75, 3.05) is 13.1 Å². The molecule has 0 fully saturated rings. The van der Waals surface area contributed by atoms with Crippen molar-refractivity contribution < 1.29 is 8.42 Å². The molecule has 0 aliphatic heterocycles. The number of hydrogen-bond donors (Lipinski definition) is 2. The molecule has 0 aromatic heterocycles. The van der Waals surface area contributed by atoms with E-state index in [1.165, 1.54) is 0 Å². The Morgan fingerprint density at radius 3 is 2.45 bits per heavy atom. The lowest BCUT2D eigenvalue weighted by Crippen LogP contribution is -2.31. The van der Waals surface area contributed by atoms with Gasteiger partial charge in [-0.3, -0.25) is 0 Å². The molecule has 114 valence electrons. The predicted molar refractivity (Wildman–Crippen MR) is 83.4 cm³/mol. The summed E-state index contributed by atoms with van der Waals surface area (Å²) in [7, 11) is -3.40. The molecule has 1 unspecified atom stereocenters. The minimum absolute atomic E-state index is 0.308. The number of likely N-dealkylation sites (N-methyl/N-ethyl adjacent to an activating group) is 1. The molecule has 1 rings (SSSR count). The standard InChI is InChI=1S/C15H26N2O2S/c1-4-11-17-20(18,19)15-10-8-7-9-13(15)12-14(5-2)16-6-3/h7-10,14,16-17H,4-6,11-12H2,1-3H3. The molecule has 0 saturated carbocycles. The van der Waals surface area contributed by atoms with E-state index in [2.05, 4.69) is 23.9 Å². The third kappa shape index (κ3) is 4.89. The van der Waals surface area contributed by atoms with Crippen LogP contribution in [0.2, 0.25) is 0 Å². The first-order chi connectivity index (χ1) is 9.55. The van der Waals surface area contributed by atoms with Crippen molar-refractivity contribution >= 4 is 10.0 Å². The Kier molecular flexibility index (Phi) is 7.19. The highest BCUT2D eigenvalue weighted by Gasteiger charge is 2.18. The number of sulfonamides is 1. The van der Waals surface area contributed by atoms with Crippen molar-refractivity contribution in [3.05, 3.63) is 29.8 Å². The van der Waals surface area contributed by atoms with Crippen LogP contribution in [0.25, 0.3) is 0 Å². The van der Waals surface area contributed by atoms with Crippen LogP contribution in [0.4, 0.5) is 0 Å². The highest BCUT2D eigenvalue weighted by Crippen LogP contribution is 2.17. The SMILES string of the molecule is CCCNS(=O)(=O)c1ccccc1CC(CC)NCC. The summed E-state index contributed by atoms with van der Waals surface area (Å²) in [5, 5.41) is 3.39. The Hall–Kier alpha value is -0.910. The van der Waals surface area contributed by atoms with Gasteiger partial charge in [-0.1, -0.05) is 39.0 Å². The van der Waals surface area contributed by atoms with Crippen molar-refractivity contribution in [3.8, 4) is 0 Å². The van der Waals surface area contributed by atoms with Gasteiger partial charge in [-0.15, -0.1) is 0 Å². The Balaban J connectivity index is 2.98. The third-order valence-corrected chi connectivity index (χ3v) is 4.82. The largest absolute Gasteiger partial charge is 0.314 e. The molecular formula is C15H26N2O2S. The average Bonchev–Trinajstić information content (AvgIpc) is 2.45. The van der Waals surface area contributed by atoms with E-state index >= 15 is 0 Å². The molecule has 4 nitrogen and oxygen atoms in total. The lowest BCUT2D eigenvalue weighted by atomic mass is 10.0. The number of hydrogen-bond acceptors (Lipinski definition) is 3. The zero-order valence-electron chi connectivity index (χ0n) is 12.6. The van der Waals surface area contributed by atoms with E-state index in [1.54, 1.807) is 12.1 Å². The molecule has 0 heterocycles. The molecule has 2 N–H and O–H groups in total. The van der Waals surface area contributed by atoms with Crippen molar-refractivity contribution in [1.29, 1.82) is 0 Å². The molecular weight excluding hydrogens is 272 g/mol. The fourth-order valence-corrected chi connectivity index (χ4v) is 3.55. The number of benzene rings is 1. The topological polar surface area (TPSA) is 58.2 Å². The molecule has 5 heteroatoms. The average molecular weight is 298 g/mol. The number of nitrogens with one attached hydrogen (secondary N) is 2. The molecule has 20 heavy (non-hydrogen) atoms. The molecule has 0 bridgehead atoms. The second-order valence-electron chi connectivity index (χ2n) is 4.87. The fraction of sp³-hybridized carbons (Fsp3) is 0.600. The van der Waals surface area contributed by atoms with Crippen LogP contribution in [-0.2, 0) is 16.4 Å². The van der Waals surface area contributed by atoms with Gasteiger partial charge in [0.25, 0.3) is 0 Å². The summed E-state index contributed by atoms with van der Waals surface area (Å²) < 4.78 is 27.3. The zero-order valence-corrected chi connectivity index (χ0v) is 13.5. The smallest absolute Gasteiger partial charge is 0.240 e. The molecule has 0 amide bonds. The van der Waals surface area contributed by atoms with Gasteiger partial charge in [-0.2, -0.15) is 0 Å². The second kappa shape index (κ2) is 8.39. The molecule has 0 aliphatic rings. The zero-order chi connectivity index (χ0) is 15.0. The molecule has 0 aliphatic carbocycles. The van der Waals surface area contributed by atoms with E-state index in [4.69, 9.17) is 0 Å². The summed E-state index contributed by atoms with van der Waals surface area (Å²) >= 11 is 0. The van der Waals surface area contributed by atoms with Crippen LogP contribution < -0.4 is 10.0 Å². The van der Waals surface area contributed by atoms with Gasteiger partial charge in [0.1, 0.15) is 0 Å². The van der Waals surface area contributed by atoms with Crippen LogP contribution >= 0.6 is 0 Å². The van der Waals surface area contributed by atoms with Gasteiger partial charge in [-0.25, -0.2) is 13.1 Å². The quantitative estimate of drug-likeness (QED) is 0.735. The van der Waals surface area contributed by atoms with E-state index in [9.17, 15) is 8.42 Å². The third-order valence-electron chi connectivity index (χ3n) is 3.26. The summed E-state index contributed by atoms with van der Waals surface area (Å²) in [6.45, 7) is 7.49. The second-order valence-corrected chi connectivity index (χ2v) is 6.61. The highest BCUT2D eigenvalue weighted by atomic mass is 32.2. The highest BCUT2D eigenvalue weighted by molar-refractivity contribution is 7.89. The summed E-state index contributed by atoms with van der Waals surface area (Å²) in [4.78, 5) is 0.407. The lowest BCUT2D eigenvalue weighted by Gasteiger charge is -2.18. The first kappa shape index (κ1) is 17.1. The Labute approximate surface area is 123 Å². The maximum Gasteiger partial charge on any atom is 0.240 e. The summed E-state index contributed by atoms with van der Waals surface area (Å²) in [5.41, 5.74) is 0.879. The van der Waals surface area contributed by atoms with E-state index in [1.807, 2.05) is 19.1 Å². The number of rotatable bonds is 9. The minimum atomic E-state index is -3.40. The Morgan fingerprint density at radius 2 is 1.85 bits per heavy atom.